The van der Waals surface area contributed by atoms with E-state index in [0.29, 0.717) is 17.0 Å². The van der Waals surface area contributed by atoms with Crippen molar-refractivity contribution in [3.63, 3.8) is 0 Å². The van der Waals surface area contributed by atoms with Gasteiger partial charge in [0.2, 0.25) is 15.9 Å². The van der Waals surface area contributed by atoms with Crippen molar-refractivity contribution in [2.24, 2.45) is 5.92 Å². The maximum absolute atomic E-state index is 12.4. The van der Waals surface area contributed by atoms with Crippen LogP contribution in [0.1, 0.15) is 31.1 Å². The molecule has 0 aromatic heterocycles. The number of nitrogens with one attached hydrogen (secondary N) is 1. The topological polar surface area (TPSA) is 92.8 Å². The van der Waals surface area contributed by atoms with E-state index >= 15 is 0 Å². The lowest BCUT2D eigenvalue weighted by Gasteiger charge is -2.15. The summed E-state index contributed by atoms with van der Waals surface area (Å²) < 4.78 is 30.7. The fraction of sp³-hybridized carbons (Fsp3) is 0.300. The second-order valence-electron chi connectivity index (χ2n) is 6.97. The van der Waals surface area contributed by atoms with E-state index in [-0.39, 0.29) is 23.5 Å². The minimum atomic E-state index is -3.66. The zero-order valence-electron chi connectivity index (χ0n) is 15.9. The molecule has 8 heteroatoms. The monoisotopic (exact) mass is 402 g/mol. The van der Waals surface area contributed by atoms with Gasteiger partial charge in [0.25, 0.3) is 5.91 Å². The molecule has 3 rings (SSSR count). The van der Waals surface area contributed by atoms with Crippen molar-refractivity contribution in [1.82, 2.24) is 0 Å². The Labute approximate surface area is 164 Å². The number of carbonyl (C=O) groups is 2. The fourth-order valence-corrected chi connectivity index (χ4v) is 4.75. The Hall–Kier alpha value is -2.87. The van der Waals surface area contributed by atoms with E-state index in [1.165, 1.54) is 24.3 Å². The van der Waals surface area contributed by atoms with Gasteiger partial charge in [-0.25, -0.2) is 12.7 Å². The largest absolute Gasteiger partial charge is 0.491 e. The van der Waals surface area contributed by atoms with Crippen LogP contribution in [-0.2, 0) is 14.8 Å². The number of nitrogens with zero attached hydrogens (tertiary/aromatic N) is 1. The quantitative estimate of drug-likeness (QED) is 0.830. The van der Waals surface area contributed by atoms with Crippen LogP contribution < -0.4 is 14.4 Å². The number of benzene rings is 2. The van der Waals surface area contributed by atoms with Gasteiger partial charge in [0.05, 0.1) is 23.5 Å². The van der Waals surface area contributed by atoms with Crippen molar-refractivity contribution in [2.45, 2.75) is 26.9 Å². The molecule has 2 aromatic rings. The van der Waals surface area contributed by atoms with Crippen LogP contribution >= 0.6 is 0 Å². The predicted octanol–water partition coefficient (Wildman–Crippen LogP) is 3.04. The predicted molar refractivity (Wildman–Crippen MR) is 107 cm³/mol. The van der Waals surface area contributed by atoms with Gasteiger partial charge in [-0.15, -0.1) is 0 Å². The van der Waals surface area contributed by atoms with Gasteiger partial charge in [0, 0.05) is 11.3 Å². The minimum absolute atomic E-state index is 0.0632. The Morgan fingerprint density at radius 1 is 1.11 bits per heavy atom. The van der Waals surface area contributed by atoms with Gasteiger partial charge < -0.3 is 10.1 Å². The van der Waals surface area contributed by atoms with Crippen LogP contribution in [0.15, 0.2) is 48.5 Å². The molecule has 2 amide bonds. The molecular weight excluding hydrogens is 380 g/mol. The Morgan fingerprint density at radius 2 is 1.71 bits per heavy atom. The summed E-state index contributed by atoms with van der Waals surface area (Å²) in [5.74, 6) is -0.863. The molecule has 7 nitrogen and oxygen atoms in total. The molecule has 1 heterocycles. The van der Waals surface area contributed by atoms with Crippen LogP contribution in [0.2, 0.25) is 0 Å². The molecule has 0 aliphatic carbocycles. The number of sulfonamides is 1. The average molecular weight is 402 g/mol. The molecule has 2 aromatic carbocycles. The van der Waals surface area contributed by atoms with Crippen molar-refractivity contribution in [1.29, 1.82) is 0 Å². The van der Waals surface area contributed by atoms with Crippen molar-refractivity contribution in [3.05, 3.63) is 54.1 Å². The lowest BCUT2D eigenvalue weighted by Crippen LogP contribution is -2.30. The first-order valence-corrected chi connectivity index (χ1v) is 10.5. The summed E-state index contributed by atoms with van der Waals surface area (Å²) in [5.41, 5.74) is 1.20. The number of amides is 2. The van der Waals surface area contributed by atoms with E-state index in [1.54, 1.807) is 31.2 Å². The first kappa shape index (κ1) is 19.9. The van der Waals surface area contributed by atoms with Crippen LogP contribution in [0.25, 0.3) is 0 Å². The van der Waals surface area contributed by atoms with E-state index in [2.05, 4.69) is 5.32 Å². The second-order valence-corrected chi connectivity index (χ2v) is 8.84. The molecule has 0 unspecified atom stereocenters. The van der Waals surface area contributed by atoms with Gasteiger partial charge >= 0.3 is 0 Å². The lowest BCUT2D eigenvalue weighted by atomic mass is 10.1. The zero-order valence-corrected chi connectivity index (χ0v) is 16.7. The van der Waals surface area contributed by atoms with E-state index in [4.69, 9.17) is 4.74 Å². The third-order valence-corrected chi connectivity index (χ3v) is 6.08. The smallest absolute Gasteiger partial charge is 0.255 e. The molecule has 1 saturated heterocycles. The van der Waals surface area contributed by atoms with Gasteiger partial charge in [-0.2, -0.15) is 0 Å². The van der Waals surface area contributed by atoms with Crippen LogP contribution in [0.5, 0.6) is 5.75 Å². The second kappa shape index (κ2) is 7.63. The lowest BCUT2D eigenvalue weighted by molar-refractivity contribution is -0.119. The van der Waals surface area contributed by atoms with Crippen LogP contribution in [0.4, 0.5) is 11.4 Å². The Kier molecular flexibility index (Phi) is 5.42. The van der Waals surface area contributed by atoms with Gasteiger partial charge in [0.1, 0.15) is 5.75 Å². The highest BCUT2D eigenvalue weighted by molar-refractivity contribution is 7.94. The SMILES string of the molecule is CC(C)Oc1ccc(NC(=O)c2ccc(N3C(=O)[C@@H](C)CS3(=O)=O)cc2)cc1. The van der Waals surface area contributed by atoms with Crippen molar-refractivity contribution >= 4 is 33.2 Å². The molecule has 1 aliphatic heterocycles. The van der Waals surface area contributed by atoms with E-state index < -0.39 is 21.8 Å². The number of hydrogen-bond donors (Lipinski definition) is 1. The highest BCUT2D eigenvalue weighted by Gasteiger charge is 2.41. The van der Waals surface area contributed by atoms with Gasteiger partial charge in [-0.05, 0) is 62.4 Å². The third-order valence-electron chi connectivity index (χ3n) is 4.21. The standard InChI is InChI=1S/C20H22N2O5S/c1-13(2)27-18-10-6-16(7-11-18)21-19(23)15-4-8-17(9-5-15)22-20(24)14(3)12-28(22,25)26/h4-11,13-14H,12H2,1-3H3,(H,21,23)/t14-/m0/s1. The third kappa shape index (κ3) is 4.17. The molecule has 0 radical (unpaired) electrons. The maximum Gasteiger partial charge on any atom is 0.255 e. The molecule has 1 fully saturated rings. The normalized spacial score (nSPS) is 18.4. The van der Waals surface area contributed by atoms with E-state index in [0.717, 1.165) is 4.31 Å². The van der Waals surface area contributed by atoms with Crippen LogP contribution in [-0.4, -0.2) is 32.1 Å². The highest BCUT2D eigenvalue weighted by atomic mass is 32.2. The number of rotatable bonds is 5. The fourth-order valence-electron chi connectivity index (χ4n) is 2.93. The molecule has 1 N–H and O–H groups in total. The molecule has 0 bridgehead atoms. The van der Waals surface area contributed by atoms with Gasteiger partial charge in [0.15, 0.2) is 0 Å². The molecular formula is C20H22N2O5S. The number of carbonyl (C=O) groups excluding carboxylic acids is 2. The van der Waals surface area contributed by atoms with Crippen LogP contribution in [0.3, 0.4) is 0 Å². The Bertz CT molecular complexity index is 982. The summed E-state index contributed by atoms with van der Waals surface area (Å²) in [6, 6.07) is 12.9. The number of ether oxygens (including phenoxy) is 1. The average Bonchev–Trinajstić information content (AvgIpc) is 2.83. The Morgan fingerprint density at radius 3 is 2.21 bits per heavy atom. The zero-order chi connectivity index (χ0) is 20.5. The van der Waals surface area contributed by atoms with E-state index in [9.17, 15) is 18.0 Å². The summed E-state index contributed by atoms with van der Waals surface area (Å²) >= 11 is 0. The molecule has 28 heavy (non-hydrogen) atoms. The van der Waals surface area contributed by atoms with Crippen molar-refractivity contribution < 1.29 is 22.7 Å². The van der Waals surface area contributed by atoms with E-state index in [1.807, 2.05) is 13.8 Å². The summed E-state index contributed by atoms with van der Waals surface area (Å²) in [5, 5.41) is 2.77. The molecule has 148 valence electrons. The molecule has 0 spiro atoms. The number of anilines is 2. The minimum Gasteiger partial charge on any atom is -0.491 e. The van der Waals surface area contributed by atoms with Crippen molar-refractivity contribution in [3.8, 4) is 5.75 Å². The maximum atomic E-state index is 12.4. The summed E-state index contributed by atoms with van der Waals surface area (Å²) in [7, 11) is -3.66. The van der Waals surface area contributed by atoms with Crippen LogP contribution in [0, 0.1) is 5.92 Å². The summed E-state index contributed by atoms with van der Waals surface area (Å²) in [6.45, 7) is 5.45. The highest BCUT2D eigenvalue weighted by Crippen LogP contribution is 2.28. The van der Waals surface area contributed by atoms with Crippen molar-refractivity contribution in [2.75, 3.05) is 15.4 Å². The number of hydrogen-bond acceptors (Lipinski definition) is 5. The summed E-state index contributed by atoms with van der Waals surface area (Å²) in [6.07, 6.45) is 0.0632. The Balaban J connectivity index is 1.71. The molecule has 1 atom stereocenters. The summed E-state index contributed by atoms with van der Waals surface area (Å²) in [4.78, 5) is 24.5. The van der Waals surface area contributed by atoms with Gasteiger partial charge in [-0.1, -0.05) is 6.92 Å². The van der Waals surface area contributed by atoms with Gasteiger partial charge in [-0.3, -0.25) is 9.59 Å². The first-order valence-electron chi connectivity index (χ1n) is 8.92. The first-order chi connectivity index (χ1) is 13.2. The molecule has 0 saturated carbocycles. The molecule has 1 aliphatic rings.